The first-order chi connectivity index (χ1) is 7.72. The molecule has 0 aliphatic carbocycles. The number of halogens is 1. The van der Waals surface area contributed by atoms with Gasteiger partial charge in [-0.25, -0.2) is 4.79 Å². The maximum absolute atomic E-state index is 11.0. The first-order valence-electron chi connectivity index (χ1n) is 4.54. The van der Waals surface area contributed by atoms with E-state index in [4.69, 9.17) is 10.4 Å². The molecule has 0 heterocycles. The van der Waals surface area contributed by atoms with Gasteiger partial charge in [0, 0.05) is 4.90 Å². The number of fused-ring (bicyclic) bond motifs is 1. The predicted molar refractivity (Wildman–Crippen MR) is 69.6 cm³/mol. The third-order valence-electron chi connectivity index (χ3n) is 2.23. The van der Waals surface area contributed by atoms with Crippen LogP contribution in [0.1, 0.15) is 10.4 Å². The number of aromatic carboxylic acids is 1. The number of benzene rings is 2. The molecule has 0 saturated heterocycles. The minimum Gasteiger partial charge on any atom is -0.478 e. The maximum atomic E-state index is 11.0. The van der Waals surface area contributed by atoms with Crippen molar-refractivity contribution in [2.24, 2.45) is 0 Å². The molecule has 0 fully saturated rings. The molecule has 1 N–H and O–H groups in total. The highest BCUT2D eigenvalue weighted by Crippen LogP contribution is 2.27. The molecular weight excluding hydrogens is 258 g/mol. The SMILES string of the molecule is Cl.N#CSc1cc2ccccc2cc1C(=O)O. The fourth-order valence-corrected chi connectivity index (χ4v) is 2.06. The third kappa shape index (κ3) is 2.70. The molecule has 3 nitrogen and oxygen atoms in total. The monoisotopic (exact) mass is 265 g/mol. The number of nitriles is 1. The van der Waals surface area contributed by atoms with Crippen molar-refractivity contribution >= 4 is 40.9 Å². The zero-order valence-electron chi connectivity index (χ0n) is 8.58. The van der Waals surface area contributed by atoms with E-state index in [1.165, 1.54) is 0 Å². The van der Waals surface area contributed by atoms with Gasteiger partial charge in [0.05, 0.1) is 5.56 Å². The first kappa shape index (κ1) is 13.4. The molecule has 0 atom stereocenters. The van der Waals surface area contributed by atoms with Crippen molar-refractivity contribution in [2.75, 3.05) is 0 Å². The van der Waals surface area contributed by atoms with Gasteiger partial charge >= 0.3 is 5.97 Å². The van der Waals surface area contributed by atoms with Crippen molar-refractivity contribution < 1.29 is 9.90 Å². The number of carboxylic acids is 1. The molecular formula is C12H8ClNO2S. The number of hydrogen-bond acceptors (Lipinski definition) is 3. The number of hydrogen-bond donors (Lipinski definition) is 1. The molecule has 0 unspecified atom stereocenters. The average molecular weight is 266 g/mol. The summed E-state index contributed by atoms with van der Waals surface area (Å²) in [6.45, 7) is 0. The van der Waals surface area contributed by atoms with Gasteiger partial charge in [0.15, 0.2) is 0 Å². The molecule has 0 saturated carbocycles. The quantitative estimate of drug-likeness (QED) is 0.666. The molecule has 5 heteroatoms. The zero-order chi connectivity index (χ0) is 11.5. The summed E-state index contributed by atoms with van der Waals surface area (Å²) in [7, 11) is 0. The Labute approximate surface area is 108 Å². The minimum atomic E-state index is -1.01. The van der Waals surface area contributed by atoms with E-state index >= 15 is 0 Å². The Balaban J connectivity index is 0.00000144. The lowest BCUT2D eigenvalue weighted by atomic mass is 10.1. The van der Waals surface area contributed by atoms with Gasteiger partial charge in [-0.3, -0.25) is 0 Å². The first-order valence-corrected chi connectivity index (χ1v) is 5.36. The number of nitrogens with zero attached hydrogens (tertiary/aromatic N) is 1. The van der Waals surface area contributed by atoms with Crippen LogP contribution in [-0.2, 0) is 0 Å². The zero-order valence-corrected chi connectivity index (χ0v) is 10.2. The smallest absolute Gasteiger partial charge is 0.336 e. The van der Waals surface area contributed by atoms with Crippen LogP contribution in [-0.4, -0.2) is 11.1 Å². The Morgan fingerprint density at radius 3 is 2.35 bits per heavy atom. The summed E-state index contributed by atoms with van der Waals surface area (Å²) in [5, 5.41) is 21.3. The van der Waals surface area contributed by atoms with E-state index < -0.39 is 5.97 Å². The fraction of sp³-hybridized carbons (Fsp3) is 0. The number of thiocyanates is 1. The van der Waals surface area contributed by atoms with Gasteiger partial charge in [0.1, 0.15) is 5.40 Å². The van der Waals surface area contributed by atoms with Crippen molar-refractivity contribution in [1.29, 1.82) is 5.26 Å². The normalized spacial score (nSPS) is 9.35. The van der Waals surface area contributed by atoms with E-state index in [0.717, 1.165) is 22.5 Å². The van der Waals surface area contributed by atoms with Gasteiger partial charge in [0.2, 0.25) is 0 Å². The van der Waals surface area contributed by atoms with Gasteiger partial charge < -0.3 is 5.11 Å². The summed E-state index contributed by atoms with van der Waals surface area (Å²) < 4.78 is 0. The molecule has 2 aromatic rings. The van der Waals surface area contributed by atoms with Crippen molar-refractivity contribution in [3.05, 3.63) is 42.0 Å². The van der Waals surface area contributed by atoms with Crippen molar-refractivity contribution in [3.63, 3.8) is 0 Å². The van der Waals surface area contributed by atoms with Crippen LogP contribution < -0.4 is 0 Å². The van der Waals surface area contributed by atoms with E-state index in [1.54, 1.807) is 12.1 Å². The van der Waals surface area contributed by atoms with Gasteiger partial charge in [-0.2, -0.15) is 5.26 Å². The third-order valence-corrected chi connectivity index (χ3v) is 2.88. The van der Waals surface area contributed by atoms with Gasteiger partial charge in [-0.1, -0.05) is 24.3 Å². The maximum Gasteiger partial charge on any atom is 0.336 e. The van der Waals surface area contributed by atoms with Crippen LogP contribution in [0.2, 0.25) is 0 Å². The minimum absolute atomic E-state index is 0. The molecule has 86 valence electrons. The molecule has 0 amide bonds. The van der Waals surface area contributed by atoms with Crippen LogP contribution in [0.5, 0.6) is 0 Å². The summed E-state index contributed by atoms with van der Waals surface area (Å²) >= 11 is 0.870. The molecule has 0 aliphatic rings. The van der Waals surface area contributed by atoms with Crippen LogP contribution in [0.25, 0.3) is 10.8 Å². The van der Waals surface area contributed by atoms with Crippen LogP contribution in [0.15, 0.2) is 41.3 Å². The highest BCUT2D eigenvalue weighted by Gasteiger charge is 2.11. The summed E-state index contributed by atoms with van der Waals surface area (Å²) in [5.74, 6) is -1.01. The highest BCUT2D eigenvalue weighted by molar-refractivity contribution is 8.03. The largest absolute Gasteiger partial charge is 0.478 e. The molecule has 2 rings (SSSR count). The highest BCUT2D eigenvalue weighted by atomic mass is 35.5. The second-order valence-electron chi connectivity index (χ2n) is 3.19. The molecule has 2 aromatic carbocycles. The van der Waals surface area contributed by atoms with Crippen molar-refractivity contribution in [1.82, 2.24) is 0 Å². The Morgan fingerprint density at radius 2 is 1.82 bits per heavy atom. The lowest BCUT2D eigenvalue weighted by Crippen LogP contribution is -1.98. The Hall–Kier alpha value is -1.70. The number of carboxylic acid groups (broad SMARTS) is 1. The van der Waals surface area contributed by atoms with E-state index in [9.17, 15) is 4.79 Å². The Morgan fingerprint density at radius 1 is 1.24 bits per heavy atom. The van der Waals surface area contributed by atoms with Gasteiger partial charge in [-0.15, -0.1) is 12.4 Å². The predicted octanol–water partition coefficient (Wildman–Crippen LogP) is 3.53. The summed E-state index contributed by atoms with van der Waals surface area (Å²) in [5.41, 5.74) is 0.172. The molecule has 0 aliphatic heterocycles. The van der Waals surface area contributed by atoms with E-state index in [0.29, 0.717) is 4.90 Å². The second-order valence-corrected chi connectivity index (χ2v) is 4.02. The Bertz CT molecular complexity index is 607. The molecule has 0 bridgehead atoms. The standard InChI is InChI=1S/C12H7NO2S.ClH/c13-7-16-11-6-9-4-2-1-3-8(9)5-10(11)12(14)15;/h1-6H,(H,14,15);1H. The molecule has 17 heavy (non-hydrogen) atoms. The fourth-order valence-electron chi connectivity index (χ4n) is 1.52. The van der Waals surface area contributed by atoms with Crippen molar-refractivity contribution in [2.45, 2.75) is 4.90 Å². The van der Waals surface area contributed by atoms with Crippen LogP contribution in [0, 0.1) is 10.7 Å². The van der Waals surface area contributed by atoms with E-state index in [1.807, 2.05) is 29.7 Å². The lowest BCUT2D eigenvalue weighted by molar-refractivity contribution is 0.0693. The van der Waals surface area contributed by atoms with Gasteiger partial charge in [-0.05, 0) is 34.7 Å². The second kappa shape index (κ2) is 5.58. The number of thioether (sulfide) groups is 1. The van der Waals surface area contributed by atoms with E-state index in [2.05, 4.69) is 0 Å². The van der Waals surface area contributed by atoms with Crippen molar-refractivity contribution in [3.8, 4) is 5.40 Å². The summed E-state index contributed by atoms with van der Waals surface area (Å²) in [4.78, 5) is 11.5. The van der Waals surface area contributed by atoms with Crippen LogP contribution >= 0.6 is 24.2 Å². The molecule has 0 spiro atoms. The van der Waals surface area contributed by atoms with Gasteiger partial charge in [0.25, 0.3) is 0 Å². The van der Waals surface area contributed by atoms with E-state index in [-0.39, 0.29) is 18.0 Å². The summed E-state index contributed by atoms with van der Waals surface area (Å²) in [6.07, 6.45) is 0. The number of carbonyl (C=O) groups is 1. The number of rotatable bonds is 2. The van der Waals surface area contributed by atoms with Crippen LogP contribution in [0.4, 0.5) is 0 Å². The topological polar surface area (TPSA) is 61.1 Å². The van der Waals surface area contributed by atoms with Crippen LogP contribution in [0.3, 0.4) is 0 Å². The molecule has 0 radical (unpaired) electrons. The lowest BCUT2D eigenvalue weighted by Gasteiger charge is -2.04. The average Bonchev–Trinajstić information content (AvgIpc) is 2.28. The molecule has 0 aromatic heterocycles. The Kier molecular flexibility index (Phi) is 4.38. The summed E-state index contributed by atoms with van der Waals surface area (Å²) in [6, 6.07) is 10.8.